The van der Waals surface area contributed by atoms with Crippen LogP contribution in [-0.2, 0) is 19.6 Å². The van der Waals surface area contributed by atoms with Crippen LogP contribution < -0.4 is 10.1 Å². The van der Waals surface area contributed by atoms with E-state index in [1.165, 1.54) is 4.31 Å². The molecule has 0 spiro atoms. The van der Waals surface area contributed by atoms with Gasteiger partial charge < -0.3 is 14.8 Å². The van der Waals surface area contributed by atoms with Gasteiger partial charge in [0.25, 0.3) is 0 Å². The van der Waals surface area contributed by atoms with E-state index in [2.05, 4.69) is 5.32 Å². The monoisotopic (exact) mass is 488 g/mol. The van der Waals surface area contributed by atoms with Crippen molar-refractivity contribution >= 4 is 27.6 Å². The SMILES string of the molecule is CCCCOC(=O)c1ccc(NC(=O)C2CCN(S(=O)(=O)c3ccc(OCC)cc3)CC2)cc1. The topological polar surface area (TPSA) is 102 Å². The molecule has 8 nitrogen and oxygen atoms in total. The van der Waals surface area contributed by atoms with Crippen LogP contribution in [0.1, 0.15) is 49.9 Å². The fraction of sp³-hybridized carbons (Fsp3) is 0.440. The maximum Gasteiger partial charge on any atom is 0.338 e. The van der Waals surface area contributed by atoms with Crippen molar-refractivity contribution in [3.63, 3.8) is 0 Å². The van der Waals surface area contributed by atoms with Gasteiger partial charge in [-0.2, -0.15) is 4.31 Å². The third kappa shape index (κ3) is 6.57. The highest BCUT2D eigenvalue weighted by atomic mass is 32.2. The van der Waals surface area contributed by atoms with Crippen LogP contribution in [0.25, 0.3) is 0 Å². The molecule has 2 aromatic rings. The Morgan fingerprint density at radius 2 is 1.65 bits per heavy atom. The number of piperidine rings is 1. The minimum atomic E-state index is -3.62. The zero-order chi connectivity index (χ0) is 24.6. The zero-order valence-corrected chi connectivity index (χ0v) is 20.5. The number of benzene rings is 2. The lowest BCUT2D eigenvalue weighted by molar-refractivity contribution is -0.120. The van der Waals surface area contributed by atoms with Gasteiger partial charge >= 0.3 is 5.97 Å². The summed E-state index contributed by atoms with van der Waals surface area (Å²) in [6.45, 7) is 5.34. The van der Waals surface area contributed by atoms with Crippen molar-refractivity contribution in [3.05, 3.63) is 54.1 Å². The summed E-state index contributed by atoms with van der Waals surface area (Å²) in [7, 11) is -3.62. The van der Waals surface area contributed by atoms with Crippen LogP contribution in [0.4, 0.5) is 5.69 Å². The van der Waals surface area contributed by atoms with E-state index in [1.54, 1.807) is 48.5 Å². The minimum absolute atomic E-state index is 0.156. The standard InChI is InChI=1S/C25H32N2O6S/c1-3-5-18-33-25(29)20-6-8-21(9-7-20)26-24(28)19-14-16-27(17-15-19)34(30,31)23-12-10-22(11-13-23)32-4-2/h6-13,19H,3-5,14-18H2,1-2H3,(H,26,28). The highest BCUT2D eigenvalue weighted by Gasteiger charge is 2.32. The number of nitrogens with one attached hydrogen (secondary N) is 1. The van der Waals surface area contributed by atoms with Crippen LogP contribution >= 0.6 is 0 Å². The number of anilines is 1. The number of ether oxygens (including phenoxy) is 2. The Labute approximate surface area is 201 Å². The van der Waals surface area contributed by atoms with E-state index in [-0.39, 0.29) is 35.8 Å². The quantitative estimate of drug-likeness (QED) is 0.399. The Hall–Kier alpha value is -2.91. The molecular formula is C25H32N2O6S. The van der Waals surface area contributed by atoms with E-state index < -0.39 is 10.0 Å². The summed E-state index contributed by atoms with van der Waals surface area (Å²) in [6.07, 6.45) is 2.64. The molecule has 2 aromatic carbocycles. The Bertz CT molecular complexity index is 1060. The predicted molar refractivity (Wildman–Crippen MR) is 129 cm³/mol. The normalized spacial score (nSPS) is 15.0. The first-order chi connectivity index (χ1) is 16.3. The Kier molecular flexibility index (Phi) is 9.06. The molecule has 0 unspecified atom stereocenters. The van der Waals surface area contributed by atoms with Crippen molar-refractivity contribution < 1.29 is 27.5 Å². The molecule has 0 bridgehead atoms. The first-order valence-corrected chi connectivity index (χ1v) is 13.1. The maximum atomic E-state index is 12.9. The highest BCUT2D eigenvalue weighted by molar-refractivity contribution is 7.89. The third-order valence-corrected chi connectivity index (χ3v) is 7.63. The molecule has 1 N–H and O–H groups in total. The summed E-state index contributed by atoms with van der Waals surface area (Å²) in [4.78, 5) is 24.9. The largest absolute Gasteiger partial charge is 0.494 e. The maximum absolute atomic E-state index is 12.9. The summed E-state index contributed by atoms with van der Waals surface area (Å²) >= 11 is 0. The number of carbonyl (C=O) groups is 2. The molecule has 1 amide bonds. The number of esters is 1. The first-order valence-electron chi connectivity index (χ1n) is 11.7. The number of amides is 1. The first kappa shape index (κ1) is 25.7. The molecule has 184 valence electrons. The van der Waals surface area contributed by atoms with E-state index in [9.17, 15) is 18.0 Å². The summed E-state index contributed by atoms with van der Waals surface area (Å²) in [6, 6.07) is 13.0. The molecule has 0 aliphatic carbocycles. The van der Waals surface area contributed by atoms with Gasteiger partial charge in [-0.3, -0.25) is 4.79 Å². The van der Waals surface area contributed by atoms with Gasteiger partial charge in [-0.1, -0.05) is 13.3 Å². The van der Waals surface area contributed by atoms with E-state index >= 15 is 0 Å². The second kappa shape index (κ2) is 12.0. The van der Waals surface area contributed by atoms with Gasteiger partial charge in [0.05, 0.1) is 23.7 Å². The number of carbonyl (C=O) groups excluding carboxylic acids is 2. The number of sulfonamides is 1. The molecule has 1 fully saturated rings. The van der Waals surface area contributed by atoms with Crippen molar-refractivity contribution in [2.24, 2.45) is 5.92 Å². The fourth-order valence-electron chi connectivity index (χ4n) is 3.71. The predicted octanol–water partition coefficient (Wildman–Crippen LogP) is 4.08. The molecule has 0 saturated carbocycles. The number of hydrogen-bond acceptors (Lipinski definition) is 6. The van der Waals surface area contributed by atoms with Gasteiger partial charge in [0.1, 0.15) is 5.75 Å². The molecular weight excluding hydrogens is 456 g/mol. The van der Waals surface area contributed by atoms with E-state index in [0.717, 1.165) is 12.8 Å². The van der Waals surface area contributed by atoms with Crippen molar-refractivity contribution in [3.8, 4) is 5.75 Å². The van der Waals surface area contributed by atoms with E-state index in [0.29, 0.717) is 43.1 Å². The minimum Gasteiger partial charge on any atom is -0.494 e. The van der Waals surface area contributed by atoms with Crippen molar-refractivity contribution in [2.75, 3.05) is 31.6 Å². The van der Waals surface area contributed by atoms with Gasteiger partial charge in [-0.15, -0.1) is 0 Å². The highest BCUT2D eigenvalue weighted by Crippen LogP contribution is 2.26. The van der Waals surface area contributed by atoms with Crippen molar-refractivity contribution in [1.82, 2.24) is 4.31 Å². The molecule has 3 rings (SSSR count). The molecule has 0 aromatic heterocycles. The van der Waals surface area contributed by atoms with Gasteiger partial charge in [0.2, 0.25) is 15.9 Å². The smallest absolute Gasteiger partial charge is 0.338 e. The molecule has 9 heteroatoms. The number of unbranched alkanes of at least 4 members (excludes halogenated alkanes) is 1. The van der Waals surface area contributed by atoms with Crippen LogP contribution in [0.2, 0.25) is 0 Å². The molecule has 1 aliphatic rings. The summed E-state index contributed by atoms with van der Waals surface area (Å²) in [5.74, 6) is -0.201. The molecule has 1 saturated heterocycles. The van der Waals surface area contributed by atoms with Crippen LogP contribution in [0, 0.1) is 5.92 Å². The van der Waals surface area contributed by atoms with Gasteiger partial charge in [0, 0.05) is 24.7 Å². The Morgan fingerprint density at radius 1 is 1.00 bits per heavy atom. The lowest BCUT2D eigenvalue weighted by Gasteiger charge is -2.30. The lowest BCUT2D eigenvalue weighted by Crippen LogP contribution is -2.41. The lowest BCUT2D eigenvalue weighted by atomic mass is 9.97. The Balaban J connectivity index is 1.51. The molecule has 0 radical (unpaired) electrons. The van der Waals surface area contributed by atoms with Crippen molar-refractivity contribution in [1.29, 1.82) is 0 Å². The van der Waals surface area contributed by atoms with Crippen LogP contribution in [0.15, 0.2) is 53.4 Å². The number of hydrogen-bond donors (Lipinski definition) is 1. The van der Waals surface area contributed by atoms with Gasteiger partial charge in [-0.25, -0.2) is 13.2 Å². The van der Waals surface area contributed by atoms with Crippen LogP contribution in [0.5, 0.6) is 5.75 Å². The van der Waals surface area contributed by atoms with E-state index in [4.69, 9.17) is 9.47 Å². The van der Waals surface area contributed by atoms with Crippen LogP contribution in [0.3, 0.4) is 0 Å². The zero-order valence-electron chi connectivity index (χ0n) is 19.7. The third-order valence-electron chi connectivity index (χ3n) is 5.72. The van der Waals surface area contributed by atoms with Gasteiger partial charge in [-0.05, 0) is 74.7 Å². The number of nitrogens with zero attached hydrogens (tertiary/aromatic N) is 1. The van der Waals surface area contributed by atoms with E-state index in [1.807, 2.05) is 13.8 Å². The van der Waals surface area contributed by atoms with Crippen molar-refractivity contribution in [2.45, 2.75) is 44.4 Å². The summed E-state index contributed by atoms with van der Waals surface area (Å²) in [5.41, 5.74) is 1.02. The second-order valence-electron chi connectivity index (χ2n) is 8.14. The molecule has 1 heterocycles. The van der Waals surface area contributed by atoms with Gasteiger partial charge in [0.15, 0.2) is 0 Å². The number of rotatable bonds is 10. The fourth-order valence-corrected chi connectivity index (χ4v) is 5.18. The average Bonchev–Trinajstić information content (AvgIpc) is 2.85. The Morgan fingerprint density at radius 3 is 2.24 bits per heavy atom. The van der Waals surface area contributed by atoms with Crippen LogP contribution in [-0.4, -0.2) is 50.9 Å². The molecule has 0 atom stereocenters. The molecule has 1 aliphatic heterocycles. The second-order valence-corrected chi connectivity index (χ2v) is 10.1. The summed E-state index contributed by atoms with van der Waals surface area (Å²) in [5, 5.41) is 2.86. The summed E-state index contributed by atoms with van der Waals surface area (Å²) < 4.78 is 37.9. The molecule has 34 heavy (non-hydrogen) atoms. The average molecular weight is 489 g/mol.